The van der Waals surface area contributed by atoms with Gasteiger partial charge in [0.1, 0.15) is 0 Å². The minimum Gasteiger partial charge on any atom is -0.368 e. The van der Waals surface area contributed by atoms with Crippen LogP contribution in [0.25, 0.3) is 0 Å². The van der Waals surface area contributed by atoms with Crippen molar-refractivity contribution in [2.75, 3.05) is 24.1 Å². The van der Waals surface area contributed by atoms with E-state index in [1.165, 1.54) is 25.7 Å². The fourth-order valence-corrected chi connectivity index (χ4v) is 2.95. The molecule has 0 spiro atoms. The lowest BCUT2D eigenvalue weighted by molar-refractivity contribution is 0.211. The molecular weight excluding hydrogens is 288 g/mol. The second kappa shape index (κ2) is 7.37. The van der Waals surface area contributed by atoms with Gasteiger partial charge in [0, 0.05) is 5.69 Å². The van der Waals surface area contributed by atoms with Gasteiger partial charge in [-0.2, -0.15) is 15.0 Å². The maximum atomic E-state index is 5.89. The Morgan fingerprint density at radius 3 is 2.39 bits per heavy atom. The number of para-hydroxylation sites is 1. The predicted molar refractivity (Wildman–Crippen MR) is 92.4 cm³/mol. The first-order valence-corrected chi connectivity index (χ1v) is 8.30. The van der Waals surface area contributed by atoms with Crippen LogP contribution in [0.1, 0.15) is 44.5 Å². The SMILES string of the molecule is C[C@H](c1nc(N)nc(Nc2ccccc2)n1)N1CCCCCC1. The Morgan fingerprint density at radius 1 is 1.00 bits per heavy atom. The van der Waals surface area contributed by atoms with Crippen molar-refractivity contribution in [3.8, 4) is 0 Å². The highest BCUT2D eigenvalue weighted by molar-refractivity contribution is 5.53. The second-order valence-electron chi connectivity index (χ2n) is 5.99. The number of rotatable bonds is 4. The number of aromatic nitrogens is 3. The van der Waals surface area contributed by atoms with Crippen molar-refractivity contribution in [2.24, 2.45) is 0 Å². The number of nitrogen functional groups attached to an aromatic ring is 1. The molecule has 0 saturated carbocycles. The summed E-state index contributed by atoms with van der Waals surface area (Å²) in [5.41, 5.74) is 6.83. The Labute approximate surface area is 137 Å². The number of likely N-dealkylation sites (tertiary alicyclic amines) is 1. The number of nitrogens with zero attached hydrogens (tertiary/aromatic N) is 4. The molecule has 3 rings (SSSR count). The van der Waals surface area contributed by atoms with Gasteiger partial charge in [-0.25, -0.2) is 0 Å². The highest BCUT2D eigenvalue weighted by Crippen LogP contribution is 2.23. The molecule has 2 heterocycles. The zero-order valence-electron chi connectivity index (χ0n) is 13.6. The fourth-order valence-electron chi connectivity index (χ4n) is 2.95. The second-order valence-corrected chi connectivity index (χ2v) is 5.99. The van der Waals surface area contributed by atoms with Crippen LogP contribution in [0.15, 0.2) is 30.3 Å². The van der Waals surface area contributed by atoms with Crippen LogP contribution in [0, 0.1) is 0 Å². The Kier molecular flexibility index (Phi) is 5.02. The summed E-state index contributed by atoms with van der Waals surface area (Å²) in [6.45, 7) is 4.33. The Hall–Kier alpha value is -2.21. The van der Waals surface area contributed by atoms with Crippen molar-refractivity contribution in [3.63, 3.8) is 0 Å². The molecule has 1 aromatic heterocycles. The van der Waals surface area contributed by atoms with E-state index in [2.05, 4.69) is 32.1 Å². The molecule has 1 aliphatic rings. The average Bonchev–Trinajstić information content (AvgIpc) is 2.84. The van der Waals surface area contributed by atoms with Crippen LogP contribution in [0.2, 0.25) is 0 Å². The minimum absolute atomic E-state index is 0.148. The van der Waals surface area contributed by atoms with Crippen molar-refractivity contribution >= 4 is 17.6 Å². The third kappa shape index (κ3) is 4.16. The third-order valence-corrected chi connectivity index (χ3v) is 4.26. The lowest BCUT2D eigenvalue weighted by Crippen LogP contribution is -2.29. The van der Waals surface area contributed by atoms with Gasteiger partial charge < -0.3 is 11.1 Å². The molecule has 122 valence electrons. The number of hydrogen-bond donors (Lipinski definition) is 2. The normalized spacial score (nSPS) is 17.4. The number of benzene rings is 1. The van der Waals surface area contributed by atoms with Gasteiger partial charge in [0.05, 0.1) is 6.04 Å². The van der Waals surface area contributed by atoms with Crippen LogP contribution in [-0.2, 0) is 0 Å². The van der Waals surface area contributed by atoms with E-state index < -0.39 is 0 Å². The Bertz CT molecular complexity index is 622. The van der Waals surface area contributed by atoms with E-state index in [1.807, 2.05) is 30.3 Å². The molecule has 0 amide bonds. The first-order chi connectivity index (χ1) is 11.2. The lowest BCUT2D eigenvalue weighted by atomic mass is 10.2. The molecule has 1 aromatic carbocycles. The standard InChI is InChI=1S/C17H24N6/c1-13(23-11-7-2-3-8-12-23)15-20-16(18)22-17(21-15)19-14-9-5-4-6-10-14/h4-6,9-10,13H,2-3,7-8,11-12H2,1H3,(H3,18,19,20,21,22)/t13-/m1/s1. The number of nitrogens with two attached hydrogens (primary N) is 1. The topological polar surface area (TPSA) is 80.0 Å². The highest BCUT2D eigenvalue weighted by atomic mass is 15.2. The quantitative estimate of drug-likeness (QED) is 0.903. The summed E-state index contributed by atoms with van der Waals surface area (Å²) in [7, 11) is 0. The van der Waals surface area contributed by atoms with E-state index in [-0.39, 0.29) is 12.0 Å². The summed E-state index contributed by atoms with van der Waals surface area (Å²) < 4.78 is 0. The molecule has 0 unspecified atom stereocenters. The molecule has 1 atom stereocenters. The predicted octanol–water partition coefficient (Wildman–Crippen LogP) is 3.13. The van der Waals surface area contributed by atoms with E-state index in [0.717, 1.165) is 24.6 Å². The summed E-state index contributed by atoms with van der Waals surface area (Å²) in [6.07, 6.45) is 5.09. The van der Waals surface area contributed by atoms with Crippen LogP contribution in [0.5, 0.6) is 0 Å². The number of nitrogens with one attached hydrogen (secondary N) is 1. The van der Waals surface area contributed by atoms with Crippen molar-refractivity contribution in [3.05, 3.63) is 36.2 Å². The summed E-state index contributed by atoms with van der Waals surface area (Å²) in [6, 6.07) is 9.99. The molecule has 0 aliphatic carbocycles. The van der Waals surface area contributed by atoms with Crippen molar-refractivity contribution in [1.29, 1.82) is 0 Å². The van der Waals surface area contributed by atoms with Gasteiger partial charge in [0.2, 0.25) is 11.9 Å². The van der Waals surface area contributed by atoms with Gasteiger partial charge in [-0.1, -0.05) is 31.0 Å². The summed E-state index contributed by atoms with van der Waals surface area (Å²) in [4.78, 5) is 15.6. The molecule has 0 bridgehead atoms. The minimum atomic E-state index is 0.148. The largest absolute Gasteiger partial charge is 0.368 e. The van der Waals surface area contributed by atoms with Crippen molar-refractivity contribution < 1.29 is 0 Å². The first-order valence-electron chi connectivity index (χ1n) is 8.30. The summed E-state index contributed by atoms with van der Waals surface area (Å²) in [5, 5.41) is 3.19. The molecule has 3 N–H and O–H groups in total. The van der Waals surface area contributed by atoms with E-state index in [4.69, 9.17) is 5.73 Å². The van der Waals surface area contributed by atoms with Crippen LogP contribution in [-0.4, -0.2) is 32.9 Å². The van der Waals surface area contributed by atoms with Crippen LogP contribution in [0.3, 0.4) is 0 Å². The average molecular weight is 312 g/mol. The first kappa shape index (κ1) is 15.7. The molecule has 1 saturated heterocycles. The van der Waals surface area contributed by atoms with Crippen LogP contribution < -0.4 is 11.1 Å². The Balaban J connectivity index is 1.79. The van der Waals surface area contributed by atoms with E-state index in [0.29, 0.717) is 5.95 Å². The number of hydrogen-bond acceptors (Lipinski definition) is 6. The molecule has 23 heavy (non-hydrogen) atoms. The van der Waals surface area contributed by atoms with E-state index >= 15 is 0 Å². The molecular formula is C17H24N6. The molecule has 0 radical (unpaired) electrons. The zero-order valence-corrected chi connectivity index (χ0v) is 13.6. The fraction of sp³-hybridized carbons (Fsp3) is 0.471. The van der Waals surface area contributed by atoms with Gasteiger partial charge in [-0.3, -0.25) is 4.90 Å². The third-order valence-electron chi connectivity index (χ3n) is 4.26. The molecule has 2 aromatic rings. The van der Waals surface area contributed by atoms with Crippen molar-refractivity contribution in [2.45, 2.75) is 38.6 Å². The zero-order chi connectivity index (χ0) is 16.1. The smallest absolute Gasteiger partial charge is 0.232 e. The highest BCUT2D eigenvalue weighted by Gasteiger charge is 2.20. The van der Waals surface area contributed by atoms with Gasteiger partial charge in [-0.05, 0) is 45.0 Å². The van der Waals surface area contributed by atoms with Crippen LogP contribution in [0.4, 0.5) is 17.6 Å². The molecule has 6 nitrogen and oxygen atoms in total. The maximum absolute atomic E-state index is 5.89. The van der Waals surface area contributed by atoms with Gasteiger partial charge in [0.15, 0.2) is 5.82 Å². The molecule has 6 heteroatoms. The summed E-state index contributed by atoms with van der Waals surface area (Å²) in [5.74, 6) is 1.49. The Morgan fingerprint density at radius 2 is 1.70 bits per heavy atom. The maximum Gasteiger partial charge on any atom is 0.232 e. The van der Waals surface area contributed by atoms with Gasteiger partial charge in [-0.15, -0.1) is 0 Å². The molecule has 1 fully saturated rings. The van der Waals surface area contributed by atoms with E-state index in [1.54, 1.807) is 0 Å². The monoisotopic (exact) mass is 312 g/mol. The van der Waals surface area contributed by atoms with Gasteiger partial charge >= 0.3 is 0 Å². The summed E-state index contributed by atoms with van der Waals surface area (Å²) >= 11 is 0. The molecule has 1 aliphatic heterocycles. The number of anilines is 3. The van der Waals surface area contributed by atoms with Crippen LogP contribution >= 0.6 is 0 Å². The lowest BCUT2D eigenvalue weighted by Gasteiger charge is -2.26. The van der Waals surface area contributed by atoms with Crippen molar-refractivity contribution in [1.82, 2.24) is 19.9 Å². The van der Waals surface area contributed by atoms with Gasteiger partial charge in [0.25, 0.3) is 0 Å². The van der Waals surface area contributed by atoms with E-state index in [9.17, 15) is 0 Å².